The minimum atomic E-state index is -1.27. The Morgan fingerprint density at radius 2 is 2.26 bits per heavy atom. The van der Waals surface area contributed by atoms with Crippen LogP contribution in [-0.2, 0) is 4.79 Å². The molecule has 6 nitrogen and oxygen atoms in total. The standard InChI is InChI=1S/C12H12FN3O3/c1-3-12(2,7-14)11(17)15-10-5-4-8(16(18)19)6-9(10)13/h4-6H,3H2,1-2H3,(H,15,17). The molecular weight excluding hydrogens is 253 g/mol. The van der Waals surface area contributed by atoms with Gasteiger partial charge >= 0.3 is 0 Å². The molecule has 0 aliphatic carbocycles. The molecule has 0 saturated carbocycles. The zero-order valence-corrected chi connectivity index (χ0v) is 10.4. The maximum Gasteiger partial charge on any atom is 0.272 e. The van der Waals surface area contributed by atoms with E-state index < -0.39 is 27.8 Å². The molecule has 100 valence electrons. The van der Waals surface area contributed by atoms with Gasteiger partial charge in [-0.05, 0) is 19.4 Å². The third-order valence-corrected chi connectivity index (χ3v) is 2.87. The van der Waals surface area contributed by atoms with Crippen molar-refractivity contribution in [1.29, 1.82) is 5.26 Å². The number of carbonyl (C=O) groups excluding carboxylic acids is 1. The number of non-ortho nitro benzene ring substituents is 1. The molecule has 1 N–H and O–H groups in total. The number of amides is 1. The fraction of sp³-hybridized carbons (Fsp3) is 0.333. The Morgan fingerprint density at radius 1 is 1.63 bits per heavy atom. The number of nitrogens with zero attached hydrogens (tertiary/aromatic N) is 2. The Bertz CT molecular complexity index is 568. The minimum Gasteiger partial charge on any atom is -0.322 e. The fourth-order valence-electron chi connectivity index (χ4n) is 1.27. The molecule has 7 heteroatoms. The lowest BCUT2D eigenvalue weighted by Gasteiger charge is -2.18. The van der Waals surface area contributed by atoms with Crippen LogP contribution in [0, 0.1) is 32.7 Å². The number of rotatable bonds is 4. The van der Waals surface area contributed by atoms with Crippen LogP contribution in [0.5, 0.6) is 0 Å². The minimum absolute atomic E-state index is 0.189. The van der Waals surface area contributed by atoms with Crippen LogP contribution in [-0.4, -0.2) is 10.8 Å². The van der Waals surface area contributed by atoms with Gasteiger partial charge in [0.25, 0.3) is 5.69 Å². The predicted molar refractivity (Wildman–Crippen MR) is 65.7 cm³/mol. The van der Waals surface area contributed by atoms with Crippen molar-refractivity contribution in [2.75, 3.05) is 5.32 Å². The molecule has 1 atom stereocenters. The van der Waals surface area contributed by atoms with Crippen molar-refractivity contribution in [2.45, 2.75) is 20.3 Å². The maximum atomic E-state index is 13.6. The molecule has 1 rings (SSSR count). The Morgan fingerprint density at radius 3 is 2.68 bits per heavy atom. The normalized spacial score (nSPS) is 13.2. The second-order valence-electron chi connectivity index (χ2n) is 4.17. The van der Waals surface area contributed by atoms with Gasteiger partial charge in [0.2, 0.25) is 5.91 Å². The monoisotopic (exact) mass is 265 g/mol. The number of nitriles is 1. The second kappa shape index (κ2) is 5.44. The lowest BCUT2D eigenvalue weighted by Crippen LogP contribution is -2.31. The molecular formula is C12H12FN3O3. The molecule has 1 aromatic rings. The van der Waals surface area contributed by atoms with Crippen LogP contribution in [0.3, 0.4) is 0 Å². The van der Waals surface area contributed by atoms with Gasteiger partial charge in [-0.25, -0.2) is 4.39 Å². The highest BCUT2D eigenvalue weighted by Crippen LogP contribution is 2.25. The topological polar surface area (TPSA) is 96.0 Å². The van der Waals surface area contributed by atoms with Crippen molar-refractivity contribution in [3.63, 3.8) is 0 Å². The van der Waals surface area contributed by atoms with E-state index in [4.69, 9.17) is 5.26 Å². The van der Waals surface area contributed by atoms with Crippen LogP contribution in [0.1, 0.15) is 20.3 Å². The first-order chi connectivity index (χ1) is 8.84. The summed E-state index contributed by atoms with van der Waals surface area (Å²) in [6.45, 7) is 3.10. The van der Waals surface area contributed by atoms with Gasteiger partial charge < -0.3 is 5.32 Å². The summed E-state index contributed by atoms with van der Waals surface area (Å²) in [5.41, 5.74) is -1.87. The third-order valence-electron chi connectivity index (χ3n) is 2.87. The van der Waals surface area contributed by atoms with Crippen LogP contribution in [0.2, 0.25) is 0 Å². The molecule has 0 radical (unpaired) electrons. The summed E-state index contributed by atoms with van der Waals surface area (Å²) < 4.78 is 13.6. The lowest BCUT2D eigenvalue weighted by molar-refractivity contribution is -0.385. The molecule has 0 saturated heterocycles. The van der Waals surface area contributed by atoms with Crippen molar-refractivity contribution < 1.29 is 14.1 Å². The number of nitrogens with one attached hydrogen (secondary N) is 1. The highest BCUT2D eigenvalue weighted by Gasteiger charge is 2.31. The average Bonchev–Trinajstić information content (AvgIpc) is 2.39. The number of nitro groups is 1. The van der Waals surface area contributed by atoms with Crippen molar-refractivity contribution in [3.05, 3.63) is 34.1 Å². The van der Waals surface area contributed by atoms with Crippen LogP contribution >= 0.6 is 0 Å². The van der Waals surface area contributed by atoms with Gasteiger partial charge in [-0.3, -0.25) is 14.9 Å². The molecule has 0 bridgehead atoms. The van der Waals surface area contributed by atoms with Gasteiger partial charge in [-0.15, -0.1) is 0 Å². The Balaban J connectivity index is 2.99. The summed E-state index contributed by atoms with van der Waals surface area (Å²) in [7, 11) is 0. The summed E-state index contributed by atoms with van der Waals surface area (Å²) in [5.74, 6) is -1.57. The summed E-state index contributed by atoms with van der Waals surface area (Å²) in [5, 5.41) is 21.6. The number of benzene rings is 1. The Hall–Kier alpha value is -2.49. The smallest absolute Gasteiger partial charge is 0.272 e. The largest absolute Gasteiger partial charge is 0.322 e. The van der Waals surface area contributed by atoms with Gasteiger partial charge in [-0.2, -0.15) is 5.26 Å². The Labute approximate surface area is 109 Å². The predicted octanol–water partition coefficient (Wildman–Crippen LogP) is 2.61. The maximum absolute atomic E-state index is 13.6. The molecule has 0 aliphatic heterocycles. The highest BCUT2D eigenvalue weighted by molar-refractivity contribution is 5.97. The summed E-state index contributed by atoms with van der Waals surface area (Å²) in [6, 6.07) is 4.74. The first-order valence-corrected chi connectivity index (χ1v) is 5.50. The molecule has 0 fully saturated rings. The third kappa shape index (κ3) is 3.04. The van der Waals surface area contributed by atoms with Gasteiger partial charge in [0.05, 0.1) is 22.7 Å². The fourth-order valence-corrected chi connectivity index (χ4v) is 1.27. The number of anilines is 1. The zero-order valence-electron chi connectivity index (χ0n) is 10.4. The van der Waals surface area contributed by atoms with Crippen LogP contribution in [0.4, 0.5) is 15.8 Å². The summed E-state index contributed by atoms with van der Waals surface area (Å²) in [6.07, 6.45) is 0.268. The average molecular weight is 265 g/mol. The molecule has 0 aliphatic rings. The highest BCUT2D eigenvalue weighted by atomic mass is 19.1. The Kier molecular flexibility index (Phi) is 4.17. The molecule has 0 heterocycles. The van der Waals surface area contributed by atoms with Crippen LogP contribution < -0.4 is 5.32 Å². The van der Waals surface area contributed by atoms with E-state index in [1.807, 2.05) is 6.07 Å². The molecule has 19 heavy (non-hydrogen) atoms. The van der Waals surface area contributed by atoms with Crippen LogP contribution in [0.15, 0.2) is 18.2 Å². The number of hydrogen-bond donors (Lipinski definition) is 1. The summed E-state index contributed by atoms with van der Waals surface area (Å²) >= 11 is 0. The zero-order chi connectivity index (χ0) is 14.6. The van der Waals surface area contributed by atoms with Crippen molar-refractivity contribution in [1.82, 2.24) is 0 Å². The first-order valence-electron chi connectivity index (χ1n) is 5.50. The lowest BCUT2D eigenvalue weighted by atomic mass is 9.88. The van der Waals surface area contributed by atoms with E-state index >= 15 is 0 Å². The number of halogens is 1. The molecule has 1 aromatic carbocycles. The molecule has 1 amide bonds. The van der Waals surface area contributed by atoms with E-state index in [0.29, 0.717) is 6.07 Å². The number of carbonyl (C=O) groups is 1. The number of nitro benzene ring substituents is 1. The first kappa shape index (κ1) is 14.6. The molecule has 1 unspecified atom stereocenters. The summed E-state index contributed by atoms with van der Waals surface area (Å²) in [4.78, 5) is 21.5. The van der Waals surface area contributed by atoms with Gasteiger partial charge in [0, 0.05) is 6.07 Å². The van der Waals surface area contributed by atoms with E-state index in [-0.39, 0.29) is 12.1 Å². The van der Waals surface area contributed by atoms with Gasteiger partial charge in [0.15, 0.2) is 5.82 Å². The van der Waals surface area contributed by atoms with E-state index in [9.17, 15) is 19.3 Å². The molecule has 0 spiro atoms. The van der Waals surface area contributed by atoms with E-state index in [1.54, 1.807) is 6.92 Å². The number of hydrogen-bond acceptors (Lipinski definition) is 4. The van der Waals surface area contributed by atoms with Crippen molar-refractivity contribution >= 4 is 17.3 Å². The van der Waals surface area contributed by atoms with Gasteiger partial charge in [-0.1, -0.05) is 6.92 Å². The van der Waals surface area contributed by atoms with Crippen LogP contribution in [0.25, 0.3) is 0 Å². The SMILES string of the molecule is CCC(C)(C#N)C(=O)Nc1ccc([N+](=O)[O-])cc1F. The van der Waals surface area contributed by atoms with Crippen molar-refractivity contribution in [3.8, 4) is 6.07 Å². The van der Waals surface area contributed by atoms with E-state index in [2.05, 4.69) is 5.32 Å². The van der Waals surface area contributed by atoms with E-state index in [1.165, 1.54) is 6.92 Å². The van der Waals surface area contributed by atoms with E-state index in [0.717, 1.165) is 12.1 Å². The quantitative estimate of drug-likeness (QED) is 0.668. The van der Waals surface area contributed by atoms with Gasteiger partial charge in [0.1, 0.15) is 5.41 Å². The second-order valence-corrected chi connectivity index (χ2v) is 4.17. The molecule has 0 aromatic heterocycles. The van der Waals surface area contributed by atoms with Crippen molar-refractivity contribution in [2.24, 2.45) is 5.41 Å².